The molecule has 618 valence electrons. The Labute approximate surface area is 649 Å². The van der Waals surface area contributed by atoms with Crippen LogP contribution in [0.5, 0.6) is 0 Å². The van der Waals surface area contributed by atoms with E-state index in [-0.39, 0.29) is 70.8 Å². The number of ether oxygens (including phenoxy) is 3. The number of H-pyrrole nitrogens is 1. The Bertz CT molecular complexity index is 3660. The number of hydrogen-bond donors (Lipinski definition) is 13. The van der Waals surface area contributed by atoms with Crippen molar-refractivity contribution < 1.29 is 91.2 Å². The van der Waals surface area contributed by atoms with E-state index in [2.05, 4.69) is 58.2 Å². The van der Waals surface area contributed by atoms with Crippen molar-refractivity contribution in [3.8, 4) is 0 Å². The number of benzene rings is 1. The Morgan fingerprint density at radius 3 is 1.53 bits per heavy atom. The van der Waals surface area contributed by atoms with Crippen molar-refractivity contribution in [2.75, 3.05) is 65.6 Å². The Kier molecular flexibility index (Phi) is 33.2. The van der Waals surface area contributed by atoms with Gasteiger partial charge in [-0.05, 0) is 164 Å². The number of aromatic amines is 1. The second kappa shape index (κ2) is 40.7. The maximum atomic E-state index is 14.4. The highest BCUT2D eigenvalue weighted by Gasteiger charge is 2.47. The normalized spacial score (nSPS) is 19.8. The number of likely N-dealkylation sites (tertiary alicyclic amines) is 4. The molecule has 2 aromatic rings. The summed E-state index contributed by atoms with van der Waals surface area (Å²) < 4.78 is 17.5. The summed E-state index contributed by atoms with van der Waals surface area (Å²) in [6, 6.07) is -6.42. The molecule has 14 N–H and O–H groups in total. The van der Waals surface area contributed by atoms with E-state index in [1.165, 1.54) is 33.4 Å². The van der Waals surface area contributed by atoms with Gasteiger partial charge in [-0.25, -0.2) is 4.79 Å². The fourth-order valence-electron chi connectivity index (χ4n) is 13.4. The highest BCUT2D eigenvalue weighted by Crippen LogP contribution is 2.30. The minimum atomic E-state index is -1.49. The van der Waals surface area contributed by atoms with Crippen LogP contribution in [0.2, 0.25) is 0 Å². The van der Waals surface area contributed by atoms with Crippen LogP contribution in [0.25, 0.3) is 10.9 Å². The molecule has 6 rings (SSSR count). The van der Waals surface area contributed by atoms with Crippen LogP contribution in [0.1, 0.15) is 174 Å². The first-order valence-electron chi connectivity index (χ1n) is 38.6. The zero-order valence-corrected chi connectivity index (χ0v) is 67.0. The van der Waals surface area contributed by atoms with Crippen molar-refractivity contribution in [2.45, 2.75) is 264 Å². The molecule has 1 aromatic heterocycles. The van der Waals surface area contributed by atoms with E-state index >= 15 is 0 Å². The molecule has 13 atom stereocenters. The maximum absolute atomic E-state index is 14.4. The van der Waals surface area contributed by atoms with Crippen molar-refractivity contribution in [3.05, 3.63) is 36.0 Å². The number of carboxylic acid groups (broad SMARTS) is 1. The predicted octanol–water partition coefficient (Wildman–Crippen LogP) is -0.594. The van der Waals surface area contributed by atoms with Gasteiger partial charge in [0.2, 0.25) is 82.7 Å². The van der Waals surface area contributed by atoms with E-state index in [1.54, 1.807) is 75.4 Å². The van der Waals surface area contributed by atoms with Crippen LogP contribution < -0.4 is 58.9 Å². The number of nitrogens with one attached hydrogen (secondary N) is 11. The average Bonchev–Trinajstić information content (AvgIpc) is 1.66. The number of rotatable bonds is 37. The van der Waals surface area contributed by atoms with Crippen LogP contribution in [0.4, 0.5) is 0 Å². The molecule has 0 unspecified atom stereocenters. The number of hydrogen-bond acceptors (Lipinski definition) is 19. The average molecular weight is 1560 g/mol. The molecule has 4 fully saturated rings. The van der Waals surface area contributed by atoms with Crippen LogP contribution in [0.3, 0.4) is 0 Å². The van der Waals surface area contributed by atoms with E-state index in [0.717, 1.165) is 16.5 Å². The third-order valence-corrected chi connectivity index (χ3v) is 19.7. The lowest BCUT2D eigenvalue weighted by molar-refractivity contribution is -0.151. The van der Waals surface area contributed by atoms with E-state index in [4.69, 9.17) is 19.9 Å². The fourth-order valence-corrected chi connectivity index (χ4v) is 13.4. The van der Waals surface area contributed by atoms with E-state index in [1.807, 2.05) is 45.0 Å². The quantitative estimate of drug-likeness (QED) is 0.0402. The molecule has 1 aromatic carbocycles. The topological polar surface area (TPSA) is 479 Å². The lowest BCUT2D eigenvalue weighted by atomic mass is 9.96. The van der Waals surface area contributed by atoms with Gasteiger partial charge >= 0.3 is 5.97 Å². The fraction of sp³-hybridized carbons (Fsp3) is 0.697. The van der Waals surface area contributed by atoms with Gasteiger partial charge in [0.1, 0.15) is 60.4 Å². The largest absolute Gasteiger partial charge is 0.480 e. The minimum absolute atomic E-state index is 0.0517. The van der Waals surface area contributed by atoms with Gasteiger partial charge in [-0.15, -0.1) is 0 Å². The summed E-state index contributed by atoms with van der Waals surface area (Å²) in [6.45, 7) is 23.2. The summed E-state index contributed by atoms with van der Waals surface area (Å²) in [5.74, 6) is -11.5. The third kappa shape index (κ3) is 27.2. The second-order valence-corrected chi connectivity index (χ2v) is 32.6. The first kappa shape index (κ1) is 90.5. The van der Waals surface area contributed by atoms with Crippen molar-refractivity contribution in [1.82, 2.24) is 77.8 Å². The summed E-state index contributed by atoms with van der Waals surface area (Å²) in [4.78, 5) is 214. The lowest BCUT2D eigenvalue weighted by Gasteiger charge is -2.34. The Morgan fingerprint density at radius 1 is 0.505 bits per heavy atom. The molecule has 0 spiro atoms. The highest BCUT2D eigenvalue weighted by atomic mass is 16.5. The molecule has 0 saturated carbocycles. The summed E-state index contributed by atoms with van der Waals surface area (Å²) >= 11 is 0. The molecule has 5 heterocycles. The van der Waals surface area contributed by atoms with Gasteiger partial charge in [-0.1, -0.05) is 52.3 Å². The van der Waals surface area contributed by atoms with Gasteiger partial charge in [0.15, 0.2) is 6.04 Å². The number of aliphatic carboxylic acids is 1. The van der Waals surface area contributed by atoms with Gasteiger partial charge in [0.25, 0.3) is 0 Å². The smallest absolute Gasteiger partial charge is 0.328 e. The van der Waals surface area contributed by atoms with Crippen LogP contribution in [-0.4, -0.2) is 273 Å². The van der Waals surface area contributed by atoms with Gasteiger partial charge in [0.05, 0.1) is 62.3 Å². The summed E-state index contributed by atoms with van der Waals surface area (Å²) in [6.07, 6.45) is 5.38. The number of para-hydroxylation sites is 1. The van der Waals surface area contributed by atoms with Gasteiger partial charge < -0.3 is 103 Å². The van der Waals surface area contributed by atoms with Gasteiger partial charge in [-0.2, -0.15) is 0 Å². The van der Waals surface area contributed by atoms with Crippen LogP contribution in [0, 0.1) is 11.8 Å². The number of aromatic nitrogens is 1. The van der Waals surface area contributed by atoms with Gasteiger partial charge in [0, 0.05) is 43.3 Å². The van der Waals surface area contributed by atoms with Crippen molar-refractivity contribution in [2.24, 2.45) is 17.6 Å². The number of nitrogens with zero attached hydrogens (tertiary/aromatic N) is 4. The number of fused-ring (bicyclic) bond motifs is 1. The monoisotopic (exact) mass is 1560 g/mol. The Balaban J connectivity index is 0.987. The highest BCUT2D eigenvalue weighted by molar-refractivity contribution is 6.00. The molecular formula is C76H120N16O19. The molecule has 4 saturated heterocycles. The number of nitrogens with two attached hydrogens (primary N) is 1. The molecule has 0 radical (unpaired) electrons. The molecule has 4 aliphatic rings. The van der Waals surface area contributed by atoms with Crippen molar-refractivity contribution in [1.29, 1.82) is 0 Å². The van der Waals surface area contributed by atoms with E-state index < -0.39 is 217 Å². The number of carbonyl (C=O) groups excluding carboxylic acids is 14. The molecule has 0 aliphatic carbocycles. The van der Waals surface area contributed by atoms with Crippen molar-refractivity contribution >= 4 is 99.6 Å². The van der Waals surface area contributed by atoms with Crippen molar-refractivity contribution in [3.63, 3.8) is 0 Å². The Morgan fingerprint density at radius 2 is 0.973 bits per heavy atom. The Hall–Kier alpha value is -9.35. The zero-order valence-electron chi connectivity index (χ0n) is 67.0. The number of carboxylic acids is 1. The first-order valence-corrected chi connectivity index (χ1v) is 38.6. The summed E-state index contributed by atoms with van der Waals surface area (Å²) in [5.41, 5.74) is 5.70. The second-order valence-electron chi connectivity index (χ2n) is 32.6. The number of carbonyl (C=O) groups is 15. The standard InChI is InChI=1S/C76H120N16O19/c1-16-43(4)61(88-65(99)50(33-42(2)3)84-63(97)48(77)34-46-35-78-49-24-18-17-23-47(46)49)69(103)83-44(5)62(96)80-36-58(93)79-38-60(95)89-29-19-25-54(89)67(101)86-52(40-110-75(10,11)12)66(100)85-51(39-109-74(7,8)9)64(98)81-37-59(94)82-45(6)70(104)91-31-21-27-56(91)72(106)92-32-22-28-57(92)71(105)90-30-20-26-55(90)68(102)87-53(73(107)108)41-111-76(13,14)15/h17-18,23-24,35,42-45,48,50-57,61,78H,16,19-22,25-34,36-41,77H2,1-15H3,(H,79,93)(H,80,96)(H,81,98)(H,82,94)(H,83,103)(H,84,97)(H,85,100)(H,86,101)(H,87,102)(H,88,99)(H,107,108)/t43-,44-,45-,48-,50-,51-,52-,53-,54-,55-,56-,57-,61-/m0/s1. The molecule has 14 amide bonds. The molecule has 0 bridgehead atoms. The lowest BCUT2D eigenvalue weighted by Crippen LogP contribution is -2.60. The maximum Gasteiger partial charge on any atom is 0.328 e. The van der Waals surface area contributed by atoms with E-state index in [0.29, 0.717) is 38.5 Å². The predicted molar refractivity (Wildman–Crippen MR) is 406 cm³/mol. The minimum Gasteiger partial charge on any atom is -0.480 e. The van der Waals surface area contributed by atoms with Gasteiger partial charge in [-0.3, -0.25) is 67.1 Å². The number of amides is 14. The van der Waals surface area contributed by atoms with Crippen LogP contribution in [0.15, 0.2) is 30.5 Å². The zero-order chi connectivity index (χ0) is 82.6. The summed E-state index contributed by atoms with van der Waals surface area (Å²) in [5, 5.41) is 36.6. The van der Waals surface area contributed by atoms with E-state index in [9.17, 15) is 77.0 Å². The third-order valence-electron chi connectivity index (χ3n) is 19.7. The molecule has 35 heteroatoms. The SMILES string of the molecule is CC[C@H](C)[C@H](NC(=O)[C@H](CC(C)C)NC(=O)[C@@H](N)Cc1c[nH]c2ccccc12)C(=O)N[C@@H](C)C(=O)NCC(=O)NCC(=O)N1CCC[C@H]1C(=O)N[C@@H](COC(C)(C)C)C(=O)N[C@@H](COC(C)(C)C)C(=O)NCC(=O)N[C@@H](C)C(=O)N1CCC[C@H]1C(=O)N1CCC[C@H]1C(=O)N1CCC[C@H]1C(=O)N[C@@H](COC(C)(C)C)C(=O)O. The summed E-state index contributed by atoms with van der Waals surface area (Å²) in [7, 11) is 0. The van der Waals surface area contributed by atoms with Crippen LogP contribution >= 0.6 is 0 Å². The first-order chi connectivity index (χ1) is 52.0. The molecular weight excluding hydrogens is 1440 g/mol. The molecule has 4 aliphatic heterocycles. The van der Waals surface area contributed by atoms with Crippen LogP contribution in [-0.2, 0) is 92.5 Å². The molecule has 35 nitrogen and oxygen atoms in total. The molecule has 111 heavy (non-hydrogen) atoms.